The van der Waals surface area contributed by atoms with Crippen LogP contribution in [0.3, 0.4) is 0 Å². The van der Waals surface area contributed by atoms with Crippen molar-refractivity contribution in [3.8, 4) is 5.75 Å². The summed E-state index contributed by atoms with van der Waals surface area (Å²) in [6.45, 7) is 3.01. The first-order valence-electron chi connectivity index (χ1n) is 8.69. The van der Waals surface area contributed by atoms with Gasteiger partial charge >= 0.3 is 0 Å². The van der Waals surface area contributed by atoms with E-state index in [4.69, 9.17) is 4.74 Å². The molecule has 1 aromatic heterocycles. The first-order chi connectivity index (χ1) is 13.2. The average molecular weight is 362 g/mol. The van der Waals surface area contributed by atoms with Crippen LogP contribution in [-0.4, -0.2) is 23.0 Å². The first-order valence-corrected chi connectivity index (χ1v) is 8.69. The molecule has 0 atom stereocenters. The maximum atomic E-state index is 12.4. The van der Waals surface area contributed by atoms with Gasteiger partial charge in [0.05, 0.1) is 7.11 Å². The predicted octanol–water partition coefficient (Wildman–Crippen LogP) is 3.34. The van der Waals surface area contributed by atoms with E-state index in [0.717, 1.165) is 16.9 Å². The number of rotatable bonds is 7. The van der Waals surface area contributed by atoms with Crippen LogP contribution in [0, 0.1) is 6.92 Å². The van der Waals surface area contributed by atoms with Crippen molar-refractivity contribution in [3.63, 3.8) is 0 Å². The van der Waals surface area contributed by atoms with Crippen molar-refractivity contribution in [1.82, 2.24) is 15.3 Å². The maximum absolute atomic E-state index is 12.4. The Labute approximate surface area is 158 Å². The second-order valence-electron chi connectivity index (χ2n) is 6.04. The first kappa shape index (κ1) is 18.4. The largest absolute Gasteiger partial charge is 0.496 e. The Morgan fingerprint density at radius 2 is 1.74 bits per heavy atom. The average Bonchev–Trinajstić information content (AvgIpc) is 2.72. The van der Waals surface area contributed by atoms with Gasteiger partial charge in [0.1, 0.15) is 11.4 Å². The third-order valence-electron chi connectivity index (χ3n) is 4.22. The van der Waals surface area contributed by atoms with Gasteiger partial charge in [-0.2, -0.15) is 0 Å². The van der Waals surface area contributed by atoms with Gasteiger partial charge < -0.3 is 15.4 Å². The molecule has 27 heavy (non-hydrogen) atoms. The highest BCUT2D eigenvalue weighted by molar-refractivity contribution is 5.92. The predicted molar refractivity (Wildman–Crippen MR) is 105 cm³/mol. The van der Waals surface area contributed by atoms with E-state index < -0.39 is 0 Å². The van der Waals surface area contributed by atoms with Crippen LogP contribution in [0.25, 0.3) is 0 Å². The number of nitrogens with one attached hydrogen (secondary N) is 2. The highest BCUT2D eigenvalue weighted by Crippen LogP contribution is 2.17. The van der Waals surface area contributed by atoms with E-state index in [1.165, 1.54) is 5.56 Å². The van der Waals surface area contributed by atoms with E-state index in [9.17, 15) is 4.79 Å². The van der Waals surface area contributed by atoms with E-state index in [1.54, 1.807) is 19.4 Å². The van der Waals surface area contributed by atoms with Gasteiger partial charge in [-0.1, -0.05) is 42.5 Å². The van der Waals surface area contributed by atoms with Gasteiger partial charge in [0, 0.05) is 24.8 Å². The SMILES string of the molecule is COc1ccccc1CNC(=O)c1ccnc(NCc2ccccc2C)n1. The molecule has 0 saturated heterocycles. The lowest BCUT2D eigenvalue weighted by atomic mass is 10.1. The van der Waals surface area contributed by atoms with Crippen LogP contribution in [0.4, 0.5) is 5.95 Å². The van der Waals surface area contributed by atoms with Crippen LogP contribution in [0.2, 0.25) is 0 Å². The van der Waals surface area contributed by atoms with Crippen molar-refractivity contribution >= 4 is 11.9 Å². The number of ether oxygens (including phenoxy) is 1. The summed E-state index contributed by atoms with van der Waals surface area (Å²) in [5, 5.41) is 6.03. The van der Waals surface area contributed by atoms with E-state index >= 15 is 0 Å². The lowest BCUT2D eigenvalue weighted by molar-refractivity contribution is 0.0945. The summed E-state index contributed by atoms with van der Waals surface area (Å²) in [6, 6.07) is 17.3. The lowest BCUT2D eigenvalue weighted by Gasteiger charge is -2.10. The number of hydrogen-bond donors (Lipinski definition) is 2. The Bertz CT molecular complexity index is 927. The van der Waals surface area contributed by atoms with Crippen molar-refractivity contribution in [2.75, 3.05) is 12.4 Å². The van der Waals surface area contributed by atoms with Gasteiger partial charge in [-0.15, -0.1) is 0 Å². The maximum Gasteiger partial charge on any atom is 0.270 e. The van der Waals surface area contributed by atoms with E-state index in [0.29, 0.717) is 24.7 Å². The minimum absolute atomic E-state index is 0.262. The molecule has 0 saturated carbocycles. The molecule has 1 amide bonds. The van der Waals surface area contributed by atoms with Crippen LogP contribution < -0.4 is 15.4 Å². The molecule has 2 aromatic carbocycles. The van der Waals surface area contributed by atoms with Crippen LogP contribution in [0.1, 0.15) is 27.2 Å². The van der Waals surface area contributed by atoms with Gasteiger partial charge in [-0.25, -0.2) is 9.97 Å². The van der Waals surface area contributed by atoms with Crippen LogP contribution in [0.5, 0.6) is 5.75 Å². The molecule has 0 unspecified atom stereocenters. The molecule has 2 N–H and O–H groups in total. The van der Waals surface area contributed by atoms with Gasteiger partial charge in [0.15, 0.2) is 0 Å². The molecule has 0 aliphatic carbocycles. The zero-order valence-electron chi connectivity index (χ0n) is 15.4. The van der Waals surface area contributed by atoms with Crippen LogP contribution in [0.15, 0.2) is 60.8 Å². The van der Waals surface area contributed by atoms with E-state index in [1.807, 2.05) is 42.5 Å². The monoisotopic (exact) mass is 362 g/mol. The number of benzene rings is 2. The fraction of sp³-hybridized carbons (Fsp3) is 0.190. The standard InChI is InChI=1S/C21H22N4O2/c1-15-7-3-4-8-16(15)13-24-21-22-12-11-18(25-21)20(26)23-14-17-9-5-6-10-19(17)27-2/h3-12H,13-14H2,1-2H3,(H,23,26)(H,22,24,25). The zero-order valence-corrected chi connectivity index (χ0v) is 15.4. The molecule has 0 fully saturated rings. The number of hydrogen-bond acceptors (Lipinski definition) is 5. The molecular weight excluding hydrogens is 340 g/mol. The Hall–Kier alpha value is -3.41. The third-order valence-corrected chi connectivity index (χ3v) is 4.22. The Balaban J connectivity index is 1.62. The van der Waals surface area contributed by atoms with Crippen molar-refractivity contribution in [2.45, 2.75) is 20.0 Å². The molecule has 1 heterocycles. The minimum Gasteiger partial charge on any atom is -0.496 e. The molecule has 0 radical (unpaired) electrons. The number of amides is 1. The summed E-state index contributed by atoms with van der Waals surface area (Å²) >= 11 is 0. The summed E-state index contributed by atoms with van der Waals surface area (Å²) < 4.78 is 5.30. The number of para-hydroxylation sites is 1. The normalized spacial score (nSPS) is 10.3. The van der Waals surface area contributed by atoms with Gasteiger partial charge in [0.2, 0.25) is 5.95 Å². The lowest BCUT2D eigenvalue weighted by Crippen LogP contribution is -2.24. The molecule has 3 rings (SSSR count). The fourth-order valence-corrected chi connectivity index (χ4v) is 2.67. The number of aryl methyl sites for hydroxylation is 1. The van der Waals surface area contributed by atoms with Crippen molar-refractivity contribution in [1.29, 1.82) is 0 Å². The Morgan fingerprint density at radius 3 is 2.52 bits per heavy atom. The number of carbonyl (C=O) groups is 1. The number of carbonyl (C=O) groups excluding carboxylic acids is 1. The van der Waals surface area contributed by atoms with Gasteiger partial charge in [0.25, 0.3) is 5.91 Å². The summed E-state index contributed by atoms with van der Waals surface area (Å²) in [5.41, 5.74) is 3.57. The summed E-state index contributed by atoms with van der Waals surface area (Å²) in [4.78, 5) is 20.9. The topological polar surface area (TPSA) is 76.1 Å². The van der Waals surface area contributed by atoms with Crippen LogP contribution in [-0.2, 0) is 13.1 Å². The molecule has 0 aliphatic heterocycles. The summed E-state index contributed by atoms with van der Waals surface area (Å²) in [5.74, 6) is 0.895. The molecule has 0 bridgehead atoms. The number of nitrogens with zero attached hydrogens (tertiary/aromatic N) is 2. The summed E-state index contributed by atoms with van der Waals surface area (Å²) in [6.07, 6.45) is 1.57. The Kier molecular flexibility index (Phi) is 5.99. The van der Waals surface area contributed by atoms with Crippen LogP contribution >= 0.6 is 0 Å². The molecule has 138 valence electrons. The van der Waals surface area contributed by atoms with Gasteiger partial charge in [-0.3, -0.25) is 4.79 Å². The third kappa shape index (κ3) is 4.82. The quantitative estimate of drug-likeness (QED) is 0.674. The van der Waals surface area contributed by atoms with Crippen molar-refractivity contribution in [2.24, 2.45) is 0 Å². The zero-order chi connectivity index (χ0) is 19.1. The van der Waals surface area contributed by atoms with Crippen molar-refractivity contribution in [3.05, 3.63) is 83.2 Å². The van der Waals surface area contributed by atoms with E-state index in [2.05, 4.69) is 33.6 Å². The number of aromatic nitrogens is 2. The second kappa shape index (κ2) is 8.80. The van der Waals surface area contributed by atoms with Crippen molar-refractivity contribution < 1.29 is 9.53 Å². The minimum atomic E-state index is -0.262. The summed E-state index contributed by atoms with van der Waals surface area (Å²) in [7, 11) is 1.61. The number of anilines is 1. The molecule has 6 heteroatoms. The second-order valence-corrected chi connectivity index (χ2v) is 6.04. The molecule has 0 aliphatic rings. The molecule has 6 nitrogen and oxygen atoms in total. The highest BCUT2D eigenvalue weighted by Gasteiger charge is 2.10. The van der Waals surface area contributed by atoms with Gasteiger partial charge in [-0.05, 0) is 30.2 Å². The fourth-order valence-electron chi connectivity index (χ4n) is 2.67. The number of methoxy groups -OCH3 is 1. The molecule has 0 spiro atoms. The Morgan fingerprint density at radius 1 is 1.00 bits per heavy atom. The molecule has 3 aromatic rings. The smallest absolute Gasteiger partial charge is 0.270 e. The van der Waals surface area contributed by atoms with E-state index in [-0.39, 0.29) is 5.91 Å². The molecular formula is C21H22N4O2. The highest BCUT2D eigenvalue weighted by atomic mass is 16.5.